The molecule has 1 aromatic heterocycles. The molecule has 3 aliphatic heterocycles. The highest BCUT2D eigenvalue weighted by molar-refractivity contribution is 7.98. The molecule has 3 aromatic rings. The fourth-order valence-electron chi connectivity index (χ4n) is 4.35. The third-order valence-electron chi connectivity index (χ3n) is 5.99. The molecule has 0 bridgehead atoms. The van der Waals surface area contributed by atoms with Gasteiger partial charge in [0.25, 0.3) is 5.56 Å². The molecule has 34 heavy (non-hydrogen) atoms. The molecule has 0 aliphatic carbocycles. The number of fused-ring (bicyclic) bond motifs is 3. The third kappa shape index (κ3) is 3.81. The fourth-order valence-corrected chi connectivity index (χ4v) is 5.23. The zero-order chi connectivity index (χ0) is 22.9. The molecule has 2 aromatic carbocycles. The van der Waals surface area contributed by atoms with Crippen molar-refractivity contribution in [3.05, 3.63) is 82.6 Å². The van der Waals surface area contributed by atoms with Gasteiger partial charge in [-0.3, -0.25) is 4.79 Å². The van der Waals surface area contributed by atoms with Gasteiger partial charge in [-0.25, -0.2) is 4.98 Å². The Morgan fingerprint density at radius 3 is 2.53 bits per heavy atom. The topological polar surface area (TPSA) is 91.6 Å². The Hall–Kier alpha value is -3.72. The summed E-state index contributed by atoms with van der Waals surface area (Å²) in [5.41, 5.74) is 3.19. The molecule has 0 saturated carbocycles. The minimum atomic E-state index is -0.111. The molecule has 9 heteroatoms. The second-order valence-corrected chi connectivity index (χ2v) is 9.16. The number of hydrogen-bond donors (Lipinski definition) is 0. The van der Waals surface area contributed by atoms with Crippen molar-refractivity contribution in [1.82, 2.24) is 29.5 Å². The van der Waals surface area contributed by atoms with Crippen molar-refractivity contribution >= 4 is 11.8 Å². The molecular weight excluding hydrogens is 448 g/mol. The Balaban J connectivity index is 1.37. The van der Waals surface area contributed by atoms with Crippen LogP contribution in [0.2, 0.25) is 0 Å². The molecule has 0 radical (unpaired) electrons. The van der Waals surface area contributed by atoms with E-state index >= 15 is 0 Å². The molecule has 0 spiro atoms. The van der Waals surface area contributed by atoms with Crippen molar-refractivity contribution in [3.8, 4) is 28.5 Å². The van der Waals surface area contributed by atoms with E-state index in [0.717, 1.165) is 54.3 Å². The average molecular weight is 471 g/mol. The van der Waals surface area contributed by atoms with Crippen LogP contribution in [0.15, 0.2) is 75.1 Å². The van der Waals surface area contributed by atoms with Crippen molar-refractivity contribution < 1.29 is 4.52 Å². The van der Waals surface area contributed by atoms with Crippen LogP contribution in [0.1, 0.15) is 30.8 Å². The van der Waals surface area contributed by atoms with Crippen molar-refractivity contribution in [2.45, 2.75) is 43.1 Å². The molecule has 6 rings (SSSR count). The number of para-hydroxylation sites is 1. The van der Waals surface area contributed by atoms with Crippen LogP contribution in [0.25, 0.3) is 28.5 Å². The monoisotopic (exact) mass is 470 g/mol. The van der Waals surface area contributed by atoms with Crippen molar-refractivity contribution in [2.75, 3.05) is 0 Å². The standard InChI is InChI=1S/C25H22N6O2S/c32-24-21-19-14-8-3-9-15-30(19)25(27-23(21)28-31(24)18-12-6-2-7-13-18)34-16-20-26-22(29-33-20)17-10-4-1-5-11-17/h1-2,4-7,10-13H,3,8-9,14-16H2. The van der Waals surface area contributed by atoms with Crippen LogP contribution in [-0.2, 0) is 18.7 Å². The van der Waals surface area contributed by atoms with Gasteiger partial charge in [-0.15, -0.1) is 5.10 Å². The normalized spacial score (nSPS) is 13.6. The van der Waals surface area contributed by atoms with Gasteiger partial charge in [0, 0.05) is 17.8 Å². The van der Waals surface area contributed by atoms with Crippen LogP contribution >= 0.6 is 11.8 Å². The summed E-state index contributed by atoms with van der Waals surface area (Å²) in [6.45, 7) is 0.829. The molecule has 8 nitrogen and oxygen atoms in total. The summed E-state index contributed by atoms with van der Waals surface area (Å²) < 4.78 is 9.14. The average Bonchev–Trinajstić information content (AvgIpc) is 3.40. The van der Waals surface area contributed by atoms with Gasteiger partial charge < -0.3 is 9.09 Å². The summed E-state index contributed by atoms with van der Waals surface area (Å²) in [4.78, 5) is 22.7. The van der Waals surface area contributed by atoms with Crippen LogP contribution in [0.5, 0.6) is 0 Å². The first kappa shape index (κ1) is 20.9. The fraction of sp³-hybridized carbons (Fsp3) is 0.240. The van der Waals surface area contributed by atoms with Gasteiger partial charge in [0.15, 0.2) is 11.0 Å². The first-order valence-corrected chi connectivity index (χ1v) is 12.3. The third-order valence-corrected chi connectivity index (χ3v) is 6.95. The van der Waals surface area contributed by atoms with E-state index in [-0.39, 0.29) is 5.56 Å². The number of hydrogen-bond acceptors (Lipinski definition) is 7. The summed E-state index contributed by atoms with van der Waals surface area (Å²) in [6.07, 6.45) is 4.06. The van der Waals surface area contributed by atoms with E-state index in [2.05, 4.69) is 19.8 Å². The predicted molar refractivity (Wildman–Crippen MR) is 129 cm³/mol. The predicted octanol–water partition coefficient (Wildman–Crippen LogP) is 4.60. The van der Waals surface area contributed by atoms with E-state index in [1.807, 2.05) is 60.7 Å². The van der Waals surface area contributed by atoms with Gasteiger partial charge in [-0.2, -0.15) is 9.67 Å². The number of aromatic nitrogens is 6. The second-order valence-electron chi connectivity index (χ2n) is 8.22. The SMILES string of the molecule is O=c1c2c3n(c(SCc4nc(-c5ccccc5)no4)nc-2nn1-c1ccccc1)CCCCC3. The van der Waals surface area contributed by atoms with E-state index < -0.39 is 0 Å². The van der Waals surface area contributed by atoms with E-state index in [4.69, 9.17) is 9.51 Å². The molecule has 0 fully saturated rings. The van der Waals surface area contributed by atoms with Crippen molar-refractivity contribution in [1.29, 1.82) is 0 Å². The quantitative estimate of drug-likeness (QED) is 0.274. The van der Waals surface area contributed by atoms with Crippen LogP contribution < -0.4 is 5.56 Å². The van der Waals surface area contributed by atoms with Crippen LogP contribution in [0.3, 0.4) is 0 Å². The molecule has 0 atom stereocenters. The zero-order valence-electron chi connectivity index (χ0n) is 18.4. The van der Waals surface area contributed by atoms with Gasteiger partial charge in [0.1, 0.15) is 5.56 Å². The lowest BCUT2D eigenvalue weighted by molar-refractivity contribution is 0.391. The maximum absolute atomic E-state index is 13.3. The Morgan fingerprint density at radius 1 is 0.912 bits per heavy atom. The summed E-state index contributed by atoms with van der Waals surface area (Å²) in [5, 5.41) is 9.53. The minimum absolute atomic E-state index is 0.111. The lowest BCUT2D eigenvalue weighted by atomic mass is 10.1. The molecule has 0 saturated heterocycles. The van der Waals surface area contributed by atoms with Crippen molar-refractivity contribution in [2.24, 2.45) is 0 Å². The molecule has 0 unspecified atom stereocenters. The molecule has 4 heterocycles. The highest BCUT2D eigenvalue weighted by Crippen LogP contribution is 2.31. The number of benzene rings is 2. The number of nitrogens with zero attached hydrogens (tertiary/aromatic N) is 6. The van der Waals surface area contributed by atoms with Gasteiger partial charge in [-0.05, 0) is 31.4 Å². The first-order valence-electron chi connectivity index (χ1n) is 11.4. The van der Waals surface area contributed by atoms with Gasteiger partial charge in [0.05, 0.1) is 11.4 Å². The second kappa shape index (κ2) is 8.90. The molecule has 3 aliphatic rings. The molecular formula is C25H22N6O2S. The van der Waals surface area contributed by atoms with E-state index in [1.54, 1.807) is 0 Å². The molecule has 0 amide bonds. The van der Waals surface area contributed by atoms with E-state index in [0.29, 0.717) is 28.9 Å². The Kier molecular flexibility index (Phi) is 5.46. The molecule has 0 N–H and O–H groups in total. The highest BCUT2D eigenvalue weighted by atomic mass is 32.2. The van der Waals surface area contributed by atoms with Crippen LogP contribution in [0.4, 0.5) is 0 Å². The maximum atomic E-state index is 13.3. The summed E-state index contributed by atoms with van der Waals surface area (Å²) >= 11 is 1.54. The smallest absolute Gasteiger partial charge is 0.284 e. The number of rotatable bonds is 5. The van der Waals surface area contributed by atoms with Crippen molar-refractivity contribution in [3.63, 3.8) is 0 Å². The summed E-state index contributed by atoms with van der Waals surface area (Å²) in [5.74, 6) is 2.08. The van der Waals surface area contributed by atoms with E-state index in [9.17, 15) is 4.79 Å². The largest absolute Gasteiger partial charge is 0.338 e. The lowest BCUT2D eigenvalue weighted by Crippen LogP contribution is -2.19. The lowest BCUT2D eigenvalue weighted by Gasteiger charge is -2.17. The van der Waals surface area contributed by atoms with E-state index in [1.165, 1.54) is 16.4 Å². The van der Waals surface area contributed by atoms with Crippen LogP contribution in [-0.4, -0.2) is 29.5 Å². The maximum Gasteiger partial charge on any atom is 0.284 e. The number of thioether (sulfide) groups is 1. The van der Waals surface area contributed by atoms with Gasteiger partial charge in [-0.1, -0.05) is 71.9 Å². The van der Waals surface area contributed by atoms with Gasteiger partial charge in [0.2, 0.25) is 11.7 Å². The Bertz CT molecular complexity index is 1460. The van der Waals surface area contributed by atoms with Crippen LogP contribution in [0, 0.1) is 0 Å². The zero-order valence-corrected chi connectivity index (χ0v) is 19.2. The highest BCUT2D eigenvalue weighted by Gasteiger charge is 2.27. The summed E-state index contributed by atoms with van der Waals surface area (Å²) in [7, 11) is 0. The molecule has 170 valence electrons. The minimum Gasteiger partial charge on any atom is -0.338 e. The summed E-state index contributed by atoms with van der Waals surface area (Å²) in [6, 6.07) is 19.3. The Morgan fingerprint density at radius 2 is 1.71 bits per heavy atom. The Labute approximate surface area is 200 Å². The first-order chi connectivity index (χ1) is 16.8. The van der Waals surface area contributed by atoms with Gasteiger partial charge >= 0.3 is 0 Å².